The number of rotatable bonds is 4. The van der Waals surface area contributed by atoms with Crippen molar-refractivity contribution < 1.29 is 9.53 Å². The number of ether oxygens (including phenoxy) is 1. The summed E-state index contributed by atoms with van der Waals surface area (Å²) in [6.45, 7) is 7.93. The van der Waals surface area contributed by atoms with Crippen LogP contribution in [0.15, 0.2) is 23.1 Å². The van der Waals surface area contributed by atoms with Crippen molar-refractivity contribution in [1.29, 1.82) is 0 Å². The van der Waals surface area contributed by atoms with Gasteiger partial charge in [-0.15, -0.1) is 0 Å². The SMILES string of the molecule is CC(C)C[C@H]1COCCN1C(=O)NC(C)c1cc[nH]c(=O)c1. The minimum atomic E-state index is -0.211. The zero-order valence-electron chi connectivity index (χ0n) is 13.5. The van der Waals surface area contributed by atoms with Crippen LogP contribution in [-0.4, -0.2) is 41.7 Å². The van der Waals surface area contributed by atoms with E-state index in [0.29, 0.717) is 25.7 Å². The number of amides is 2. The van der Waals surface area contributed by atoms with Crippen LogP contribution in [0.1, 0.15) is 38.8 Å². The molecule has 122 valence electrons. The maximum Gasteiger partial charge on any atom is 0.318 e. The molecule has 2 rings (SSSR count). The van der Waals surface area contributed by atoms with Gasteiger partial charge in [-0.3, -0.25) is 4.79 Å². The first kappa shape index (κ1) is 16.5. The lowest BCUT2D eigenvalue weighted by Gasteiger charge is -2.37. The number of nitrogens with zero attached hydrogens (tertiary/aromatic N) is 1. The molecule has 1 aromatic rings. The number of hydrogen-bond acceptors (Lipinski definition) is 3. The highest BCUT2D eigenvalue weighted by Crippen LogP contribution is 2.17. The summed E-state index contributed by atoms with van der Waals surface area (Å²) >= 11 is 0. The first-order valence-electron chi connectivity index (χ1n) is 7.81. The fourth-order valence-corrected chi connectivity index (χ4v) is 2.74. The number of nitrogens with one attached hydrogen (secondary N) is 2. The molecule has 1 fully saturated rings. The van der Waals surface area contributed by atoms with Gasteiger partial charge in [0.05, 0.1) is 25.3 Å². The number of carbonyl (C=O) groups is 1. The number of aromatic amines is 1. The molecule has 1 aromatic heterocycles. The molecule has 0 bridgehead atoms. The van der Waals surface area contributed by atoms with Crippen molar-refractivity contribution in [2.24, 2.45) is 5.92 Å². The molecule has 0 radical (unpaired) electrons. The molecule has 6 heteroatoms. The summed E-state index contributed by atoms with van der Waals surface area (Å²) in [6.07, 6.45) is 2.52. The van der Waals surface area contributed by atoms with Crippen LogP contribution in [0.5, 0.6) is 0 Å². The molecule has 0 aliphatic carbocycles. The molecule has 22 heavy (non-hydrogen) atoms. The van der Waals surface area contributed by atoms with E-state index >= 15 is 0 Å². The molecule has 1 aliphatic rings. The van der Waals surface area contributed by atoms with Crippen LogP contribution < -0.4 is 10.9 Å². The van der Waals surface area contributed by atoms with Gasteiger partial charge < -0.3 is 19.9 Å². The monoisotopic (exact) mass is 307 g/mol. The molecule has 1 aliphatic heterocycles. The molecular weight excluding hydrogens is 282 g/mol. The maximum atomic E-state index is 12.5. The first-order chi connectivity index (χ1) is 10.5. The van der Waals surface area contributed by atoms with E-state index in [-0.39, 0.29) is 23.7 Å². The average Bonchev–Trinajstić information content (AvgIpc) is 2.47. The lowest BCUT2D eigenvalue weighted by molar-refractivity contribution is 0.00509. The van der Waals surface area contributed by atoms with E-state index in [1.165, 1.54) is 6.07 Å². The Kier molecular flexibility index (Phi) is 5.60. The highest BCUT2D eigenvalue weighted by atomic mass is 16.5. The fourth-order valence-electron chi connectivity index (χ4n) is 2.74. The molecule has 0 spiro atoms. The van der Waals surface area contributed by atoms with Crippen molar-refractivity contribution in [3.05, 3.63) is 34.2 Å². The Labute approximate surface area is 130 Å². The number of urea groups is 1. The van der Waals surface area contributed by atoms with E-state index in [2.05, 4.69) is 24.1 Å². The van der Waals surface area contributed by atoms with E-state index in [1.54, 1.807) is 12.3 Å². The second-order valence-corrected chi connectivity index (χ2v) is 6.21. The largest absolute Gasteiger partial charge is 0.377 e. The van der Waals surface area contributed by atoms with Crippen LogP contribution in [0.4, 0.5) is 4.79 Å². The summed E-state index contributed by atoms with van der Waals surface area (Å²) in [5.74, 6) is 0.507. The molecule has 2 heterocycles. The number of morpholine rings is 1. The zero-order valence-corrected chi connectivity index (χ0v) is 13.5. The third kappa shape index (κ3) is 4.34. The molecule has 2 amide bonds. The molecule has 6 nitrogen and oxygen atoms in total. The van der Waals surface area contributed by atoms with Gasteiger partial charge in [-0.25, -0.2) is 4.79 Å². The number of H-pyrrole nitrogens is 1. The third-order valence-electron chi connectivity index (χ3n) is 3.87. The molecule has 1 unspecified atom stereocenters. The number of carbonyl (C=O) groups excluding carboxylic acids is 1. The second-order valence-electron chi connectivity index (χ2n) is 6.21. The van der Waals surface area contributed by atoms with E-state index in [9.17, 15) is 9.59 Å². The van der Waals surface area contributed by atoms with Crippen molar-refractivity contribution in [1.82, 2.24) is 15.2 Å². The van der Waals surface area contributed by atoms with Crippen LogP contribution in [0.25, 0.3) is 0 Å². The van der Waals surface area contributed by atoms with Crippen molar-refractivity contribution >= 4 is 6.03 Å². The molecule has 2 N–H and O–H groups in total. The van der Waals surface area contributed by atoms with Gasteiger partial charge >= 0.3 is 6.03 Å². The summed E-state index contributed by atoms with van der Waals surface area (Å²) in [5.41, 5.74) is 0.633. The number of hydrogen-bond donors (Lipinski definition) is 2. The van der Waals surface area contributed by atoms with Crippen molar-refractivity contribution in [3.63, 3.8) is 0 Å². The van der Waals surface area contributed by atoms with Gasteiger partial charge in [-0.05, 0) is 30.9 Å². The zero-order chi connectivity index (χ0) is 16.1. The lowest BCUT2D eigenvalue weighted by atomic mass is 10.0. The van der Waals surface area contributed by atoms with E-state index in [0.717, 1.165) is 12.0 Å². The van der Waals surface area contributed by atoms with Crippen molar-refractivity contribution in [3.8, 4) is 0 Å². The Balaban J connectivity index is 2.01. The van der Waals surface area contributed by atoms with Gasteiger partial charge in [0, 0.05) is 18.8 Å². The smallest absolute Gasteiger partial charge is 0.318 e. The number of aromatic nitrogens is 1. The predicted octanol–water partition coefficient (Wildman–Crippen LogP) is 1.89. The summed E-state index contributed by atoms with van der Waals surface area (Å²) in [4.78, 5) is 28.3. The van der Waals surface area contributed by atoms with Gasteiger partial charge in [0.1, 0.15) is 0 Å². The Morgan fingerprint density at radius 2 is 2.27 bits per heavy atom. The highest BCUT2D eigenvalue weighted by molar-refractivity contribution is 5.75. The van der Waals surface area contributed by atoms with Crippen LogP contribution in [0.2, 0.25) is 0 Å². The van der Waals surface area contributed by atoms with E-state index < -0.39 is 0 Å². The average molecular weight is 307 g/mol. The van der Waals surface area contributed by atoms with E-state index in [1.807, 2.05) is 11.8 Å². The maximum absolute atomic E-state index is 12.5. The minimum absolute atomic E-state index is 0.0956. The highest BCUT2D eigenvalue weighted by Gasteiger charge is 2.28. The van der Waals surface area contributed by atoms with Crippen molar-refractivity contribution in [2.45, 2.75) is 39.3 Å². The predicted molar refractivity (Wildman–Crippen MR) is 84.8 cm³/mol. The topological polar surface area (TPSA) is 74.4 Å². The Morgan fingerprint density at radius 1 is 1.50 bits per heavy atom. The fraction of sp³-hybridized carbons (Fsp3) is 0.625. The van der Waals surface area contributed by atoms with Crippen LogP contribution in [0, 0.1) is 5.92 Å². The second kappa shape index (κ2) is 7.45. The Morgan fingerprint density at radius 3 is 2.95 bits per heavy atom. The van der Waals surface area contributed by atoms with Crippen LogP contribution >= 0.6 is 0 Å². The normalized spacial score (nSPS) is 20.0. The van der Waals surface area contributed by atoms with Gasteiger partial charge in [0.2, 0.25) is 5.56 Å². The summed E-state index contributed by atoms with van der Waals surface area (Å²) < 4.78 is 5.50. The third-order valence-corrected chi connectivity index (χ3v) is 3.87. The van der Waals surface area contributed by atoms with Gasteiger partial charge in [0.15, 0.2) is 0 Å². The van der Waals surface area contributed by atoms with Gasteiger partial charge in [0.25, 0.3) is 0 Å². The van der Waals surface area contributed by atoms with Gasteiger partial charge in [-0.1, -0.05) is 13.8 Å². The van der Waals surface area contributed by atoms with Crippen LogP contribution in [-0.2, 0) is 4.74 Å². The molecular formula is C16H25N3O3. The number of pyridine rings is 1. The standard InChI is InChI=1S/C16H25N3O3/c1-11(2)8-14-10-22-7-6-19(14)16(21)18-12(3)13-4-5-17-15(20)9-13/h4-5,9,11-12,14H,6-8,10H2,1-3H3,(H,17,20)(H,18,21)/t12?,14-/m0/s1. The minimum Gasteiger partial charge on any atom is -0.377 e. The first-order valence-corrected chi connectivity index (χ1v) is 7.81. The Hall–Kier alpha value is -1.82. The molecule has 2 atom stereocenters. The van der Waals surface area contributed by atoms with Crippen LogP contribution in [0.3, 0.4) is 0 Å². The van der Waals surface area contributed by atoms with Crippen molar-refractivity contribution in [2.75, 3.05) is 19.8 Å². The van der Waals surface area contributed by atoms with Gasteiger partial charge in [-0.2, -0.15) is 0 Å². The quantitative estimate of drug-likeness (QED) is 0.892. The van der Waals surface area contributed by atoms with E-state index in [4.69, 9.17) is 4.74 Å². The molecule has 1 saturated heterocycles. The molecule has 0 saturated carbocycles. The summed E-state index contributed by atoms with van der Waals surface area (Å²) in [6, 6.07) is 3.12. The summed E-state index contributed by atoms with van der Waals surface area (Å²) in [7, 11) is 0. The summed E-state index contributed by atoms with van der Waals surface area (Å²) in [5, 5.41) is 2.97. The molecule has 0 aromatic carbocycles. The lowest BCUT2D eigenvalue weighted by Crippen LogP contribution is -2.53. The Bertz CT molecular complexity index is 556.